The number of carbonyl (C=O) groups excluding carboxylic acids is 1. The second-order valence-electron chi connectivity index (χ2n) is 4.40. The molecule has 1 aromatic heterocycles. The van der Waals surface area contributed by atoms with Crippen molar-refractivity contribution in [3.63, 3.8) is 0 Å². The zero-order chi connectivity index (χ0) is 12.7. The summed E-state index contributed by atoms with van der Waals surface area (Å²) in [6.07, 6.45) is 0.886. The fourth-order valence-electron chi connectivity index (χ4n) is 2.20. The van der Waals surface area contributed by atoms with Crippen molar-refractivity contribution in [2.75, 3.05) is 6.61 Å². The molecule has 0 bridgehead atoms. The number of aromatic nitrogens is 1. The second kappa shape index (κ2) is 4.21. The van der Waals surface area contributed by atoms with Gasteiger partial charge in [-0.1, -0.05) is 0 Å². The smallest absolute Gasteiger partial charge is 0.204 e. The van der Waals surface area contributed by atoms with Gasteiger partial charge in [-0.2, -0.15) is 0 Å². The van der Waals surface area contributed by atoms with Gasteiger partial charge in [-0.15, -0.1) is 11.3 Å². The van der Waals surface area contributed by atoms with Crippen LogP contribution in [0.5, 0.6) is 5.75 Å². The number of nitrogens with zero attached hydrogens (tertiary/aromatic N) is 1. The number of thiazole rings is 1. The topological polar surface area (TPSA) is 39.2 Å². The van der Waals surface area contributed by atoms with Crippen molar-refractivity contribution >= 4 is 17.1 Å². The van der Waals surface area contributed by atoms with Gasteiger partial charge in [0.1, 0.15) is 5.75 Å². The molecule has 0 spiro atoms. The highest BCUT2D eigenvalue weighted by Gasteiger charge is 2.19. The molecule has 0 fully saturated rings. The van der Waals surface area contributed by atoms with Crippen LogP contribution in [0.2, 0.25) is 0 Å². The molecular formula is C14H13NO2S. The van der Waals surface area contributed by atoms with Crippen LogP contribution in [0.3, 0.4) is 0 Å². The maximum Gasteiger partial charge on any atom is 0.204 e. The van der Waals surface area contributed by atoms with Crippen LogP contribution in [0.1, 0.15) is 31.5 Å². The van der Waals surface area contributed by atoms with Gasteiger partial charge >= 0.3 is 0 Å². The maximum atomic E-state index is 12.4. The Morgan fingerprint density at radius 2 is 2.22 bits per heavy atom. The lowest BCUT2D eigenvalue weighted by Crippen LogP contribution is -2.01. The predicted octanol–water partition coefficient (Wildman–Crippen LogP) is 2.93. The monoisotopic (exact) mass is 259 g/mol. The highest BCUT2D eigenvalue weighted by atomic mass is 32.1. The number of hydrogen-bond acceptors (Lipinski definition) is 4. The average Bonchev–Trinajstić information content (AvgIpc) is 2.93. The van der Waals surface area contributed by atoms with E-state index in [0.29, 0.717) is 6.61 Å². The fourth-order valence-corrected chi connectivity index (χ4v) is 3.08. The van der Waals surface area contributed by atoms with Gasteiger partial charge in [-0.25, -0.2) is 4.98 Å². The molecule has 0 radical (unpaired) electrons. The summed E-state index contributed by atoms with van der Waals surface area (Å²) in [4.78, 5) is 17.5. The van der Waals surface area contributed by atoms with Crippen molar-refractivity contribution < 1.29 is 9.53 Å². The van der Waals surface area contributed by atoms with Crippen molar-refractivity contribution in [2.24, 2.45) is 0 Å². The van der Waals surface area contributed by atoms with Crippen molar-refractivity contribution in [3.8, 4) is 5.75 Å². The van der Waals surface area contributed by atoms with Gasteiger partial charge in [0.05, 0.1) is 22.2 Å². The number of benzene rings is 1. The number of hydrogen-bond donors (Lipinski definition) is 0. The minimum Gasteiger partial charge on any atom is -0.493 e. The molecule has 2 aromatic rings. The van der Waals surface area contributed by atoms with Gasteiger partial charge in [0, 0.05) is 12.0 Å². The van der Waals surface area contributed by atoms with Crippen LogP contribution in [-0.2, 0) is 6.42 Å². The maximum absolute atomic E-state index is 12.4. The fraction of sp³-hybridized carbons (Fsp3) is 0.286. The lowest BCUT2D eigenvalue weighted by molar-refractivity contribution is 0.104. The van der Waals surface area contributed by atoms with E-state index >= 15 is 0 Å². The van der Waals surface area contributed by atoms with Crippen LogP contribution in [0.25, 0.3) is 0 Å². The van der Waals surface area contributed by atoms with Gasteiger partial charge in [-0.05, 0) is 37.6 Å². The minimum absolute atomic E-state index is 0.0628. The summed E-state index contributed by atoms with van der Waals surface area (Å²) in [5.74, 6) is 0.969. The number of ketones is 1. The Bertz CT molecular complexity index is 631. The van der Waals surface area contributed by atoms with Gasteiger partial charge in [0.25, 0.3) is 0 Å². The molecule has 0 saturated carbocycles. The first-order valence-corrected chi connectivity index (χ1v) is 6.71. The SMILES string of the molecule is Cc1nc(C)c(C(=O)c2ccc3c(c2)CCO3)s1. The van der Waals surface area contributed by atoms with Gasteiger partial charge in [0.2, 0.25) is 5.78 Å². The Morgan fingerprint density at radius 3 is 2.94 bits per heavy atom. The van der Waals surface area contributed by atoms with E-state index in [0.717, 1.165) is 38.9 Å². The molecule has 4 heteroatoms. The van der Waals surface area contributed by atoms with E-state index in [2.05, 4.69) is 4.98 Å². The molecule has 0 aliphatic carbocycles. The second-order valence-corrected chi connectivity index (χ2v) is 5.60. The number of aryl methyl sites for hydroxylation is 2. The first-order valence-electron chi connectivity index (χ1n) is 5.89. The molecule has 1 aliphatic rings. The molecule has 0 atom stereocenters. The molecule has 3 rings (SSSR count). The van der Waals surface area contributed by atoms with Gasteiger partial charge in [-0.3, -0.25) is 4.79 Å². The summed E-state index contributed by atoms with van der Waals surface area (Å²) in [6, 6.07) is 5.67. The normalized spacial score (nSPS) is 13.2. The van der Waals surface area contributed by atoms with Crippen molar-refractivity contribution in [2.45, 2.75) is 20.3 Å². The minimum atomic E-state index is 0.0628. The third-order valence-corrected chi connectivity index (χ3v) is 4.13. The van der Waals surface area contributed by atoms with E-state index in [4.69, 9.17) is 4.74 Å². The summed E-state index contributed by atoms with van der Waals surface area (Å²) in [6.45, 7) is 4.52. The Morgan fingerprint density at radius 1 is 1.39 bits per heavy atom. The molecular weight excluding hydrogens is 246 g/mol. The van der Waals surface area contributed by atoms with E-state index in [1.165, 1.54) is 11.3 Å². The molecule has 1 aromatic carbocycles. The van der Waals surface area contributed by atoms with E-state index in [9.17, 15) is 4.79 Å². The third-order valence-electron chi connectivity index (χ3n) is 3.06. The molecule has 18 heavy (non-hydrogen) atoms. The van der Waals surface area contributed by atoms with Crippen LogP contribution in [0, 0.1) is 13.8 Å². The lowest BCUT2D eigenvalue weighted by atomic mass is 10.0. The van der Waals surface area contributed by atoms with E-state index < -0.39 is 0 Å². The lowest BCUT2D eigenvalue weighted by Gasteiger charge is -2.02. The van der Waals surface area contributed by atoms with Crippen molar-refractivity contribution in [1.29, 1.82) is 0 Å². The summed E-state index contributed by atoms with van der Waals surface area (Å²) in [7, 11) is 0. The molecule has 1 aliphatic heterocycles. The Hall–Kier alpha value is -1.68. The number of carbonyl (C=O) groups is 1. The molecule has 92 valence electrons. The van der Waals surface area contributed by atoms with Crippen molar-refractivity contribution in [3.05, 3.63) is 44.9 Å². The zero-order valence-corrected chi connectivity index (χ0v) is 11.1. The summed E-state index contributed by atoms with van der Waals surface area (Å²) in [5, 5.41) is 0.931. The van der Waals surface area contributed by atoms with Crippen LogP contribution in [0.15, 0.2) is 18.2 Å². The number of ether oxygens (including phenoxy) is 1. The summed E-state index contributed by atoms with van der Waals surface area (Å²) < 4.78 is 5.45. The largest absolute Gasteiger partial charge is 0.493 e. The van der Waals surface area contributed by atoms with E-state index in [1.54, 1.807) is 0 Å². The van der Waals surface area contributed by atoms with Crippen molar-refractivity contribution in [1.82, 2.24) is 4.98 Å². The Kier molecular flexibility index (Phi) is 2.67. The highest BCUT2D eigenvalue weighted by molar-refractivity contribution is 7.14. The molecule has 0 unspecified atom stereocenters. The van der Waals surface area contributed by atoms with E-state index in [1.807, 2.05) is 32.0 Å². The van der Waals surface area contributed by atoms with Crippen LogP contribution in [-0.4, -0.2) is 17.4 Å². The van der Waals surface area contributed by atoms with Crippen LogP contribution in [0.4, 0.5) is 0 Å². The standard InChI is InChI=1S/C14H13NO2S/c1-8-14(18-9(2)15-8)13(16)11-3-4-12-10(7-11)5-6-17-12/h3-4,7H,5-6H2,1-2H3. The Labute approximate surface area is 109 Å². The van der Waals surface area contributed by atoms with Crippen LogP contribution < -0.4 is 4.74 Å². The quantitative estimate of drug-likeness (QED) is 0.778. The first-order chi connectivity index (χ1) is 8.65. The molecule has 2 heterocycles. The predicted molar refractivity (Wildman–Crippen MR) is 70.7 cm³/mol. The zero-order valence-electron chi connectivity index (χ0n) is 10.3. The first kappa shape index (κ1) is 11.4. The van der Waals surface area contributed by atoms with Crippen LogP contribution >= 0.6 is 11.3 Å². The van der Waals surface area contributed by atoms with Gasteiger partial charge in [0.15, 0.2) is 0 Å². The number of fused-ring (bicyclic) bond motifs is 1. The Balaban J connectivity index is 2.00. The van der Waals surface area contributed by atoms with Gasteiger partial charge < -0.3 is 4.74 Å². The molecule has 3 nitrogen and oxygen atoms in total. The summed E-state index contributed by atoms with van der Waals surface area (Å²) in [5.41, 5.74) is 2.67. The highest BCUT2D eigenvalue weighted by Crippen LogP contribution is 2.28. The summed E-state index contributed by atoms with van der Waals surface area (Å²) >= 11 is 1.46. The third kappa shape index (κ3) is 1.82. The average molecular weight is 259 g/mol. The number of rotatable bonds is 2. The molecule has 0 saturated heterocycles. The molecule has 0 N–H and O–H groups in total. The van der Waals surface area contributed by atoms with E-state index in [-0.39, 0.29) is 5.78 Å². The molecule has 0 amide bonds.